The molecule has 26 heavy (non-hydrogen) atoms. The van der Waals surface area contributed by atoms with Gasteiger partial charge < -0.3 is 19.6 Å². The smallest absolute Gasteiger partial charge is 0.321 e. The summed E-state index contributed by atoms with van der Waals surface area (Å²) in [7, 11) is 0. The van der Waals surface area contributed by atoms with Gasteiger partial charge in [-0.2, -0.15) is 0 Å². The first-order valence-electron chi connectivity index (χ1n) is 8.07. The molecule has 1 heterocycles. The van der Waals surface area contributed by atoms with Gasteiger partial charge in [0.25, 0.3) is 5.91 Å². The monoisotopic (exact) mass is 362 g/mol. The molecule has 2 rings (SSSR count). The van der Waals surface area contributed by atoms with Gasteiger partial charge in [-0.15, -0.1) is 0 Å². The molecule has 0 bridgehead atoms. The average Bonchev–Trinajstić information content (AvgIpc) is 2.86. The second-order valence-electron chi connectivity index (χ2n) is 6.94. The van der Waals surface area contributed by atoms with Gasteiger partial charge in [0.05, 0.1) is 12.7 Å². The van der Waals surface area contributed by atoms with Crippen LogP contribution < -0.4 is 10.6 Å². The van der Waals surface area contributed by atoms with E-state index in [1.54, 1.807) is 26.8 Å². The quantitative estimate of drug-likeness (QED) is 0.718. The summed E-state index contributed by atoms with van der Waals surface area (Å²) in [5.74, 6) is -1.30. The van der Waals surface area contributed by atoms with Gasteiger partial charge in [-0.25, -0.2) is 4.79 Å². The number of fused-ring (bicyclic) bond motifs is 1. The van der Waals surface area contributed by atoms with Gasteiger partial charge in [0, 0.05) is 22.6 Å². The minimum Gasteiger partial charge on any atom is -0.508 e. The molecular formula is C18H22N2O6. The zero-order chi connectivity index (χ0) is 19.5. The maximum Gasteiger partial charge on any atom is 0.321 e. The third-order valence-electron chi connectivity index (χ3n) is 3.38. The van der Waals surface area contributed by atoms with Crippen LogP contribution in [0.1, 0.15) is 33.3 Å². The number of carbonyl (C=O) groups excluding carboxylic acids is 3. The van der Waals surface area contributed by atoms with Crippen molar-refractivity contribution < 1.29 is 28.6 Å². The van der Waals surface area contributed by atoms with E-state index in [9.17, 15) is 19.5 Å². The highest BCUT2D eigenvalue weighted by Crippen LogP contribution is 2.25. The van der Waals surface area contributed by atoms with Gasteiger partial charge in [0.1, 0.15) is 11.3 Å². The van der Waals surface area contributed by atoms with Gasteiger partial charge >= 0.3 is 12.0 Å². The molecule has 1 aromatic carbocycles. The summed E-state index contributed by atoms with van der Waals surface area (Å²) >= 11 is 0. The van der Waals surface area contributed by atoms with Crippen molar-refractivity contribution in [3.63, 3.8) is 0 Å². The predicted molar refractivity (Wildman–Crippen MR) is 93.6 cm³/mol. The number of nitrogens with one attached hydrogen (secondary N) is 2. The first kappa shape index (κ1) is 19.3. The SMILES string of the molecule is C[C@H](OC(=O)Cc1coc2cc(O)ccc12)C(=O)NC(=O)NC(C)(C)C. The Morgan fingerprint density at radius 1 is 1.27 bits per heavy atom. The first-order valence-corrected chi connectivity index (χ1v) is 8.07. The molecule has 1 aromatic heterocycles. The van der Waals surface area contributed by atoms with Crippen molar-refractivity contribution in [3.05, 3.63) is 30.0 Å². The maximum absolute atomic E-state index is 12.1. The Labute approximate surface area is 150 Å². The molecule has 3 N–H and O–H groups in total. The summed E-state index contributed by atoms with van der Waals surface area (Å²) in [6.45, 7) is 6.70. The van der Waals surface area contributed by atoms with Crippen molar-refractivity contribution in [1.82, 2.24) is 10.6 Å². The summed E-state index contributed by atoms with van der Waals surface area (Å²) in [5, 5.41) is 14.8. The lowest BCUT2D eigenvalue weighted by atomic mass is 10.1. The lowest BCUT2D eigenvalue weighted by molar-refractivity contribution is -0.153. The number of rotatable bonds is 4. The van der Waals surface area contributed by atoms with Crippen molar-refractivity contribution in [3.8, 4) is 5.75 Å². The number of carbonyl (C=O) groups is 3. The van der Waals surface area contributed by atoms with E-state index in [1.807, 2.05) is 0 Å². The van der Waals surface area contributed by atoms with E-state index in [0.717, 1.165) is 0 Å². The van der Waals surface area contributed by atoms with Crippen molar-refractivity contribution in [2.75, 3.05) is 0 Å². The standard InChI is InChI=1S/C18H22N2O6/c1-10(16(23)19-17(24)20-18(2,3)4)26-15(22)7-11-9-25-14-8-12(21)5-6-13(11)14/h5-6,8-10,21H,7H2,1-4H3,(H2,19,20,23,24)/t10-/m0/s1. The number of hydrogen-bond donors (Lipinski definition) is 3. The lowest BCUT2D eigenvalue weighted by Crippen LogP contribution is -2.50. The van der Waals surface area contributed by atoms with E-state index in [1.165, 1.54) is 25.3 Å². The fourth-order valence-electron chi connectivity index (χ4n) is 2.24. The minimum atomic E-state index is -1.13. The molecule has 0 spiro atoms. The molecule has 0 aliphatic rings. The van der Waals surface area contributed by atoms with Crippen LogP contribution in [0.4, 0.5) is 4.79 Å². The van der Waals surface area contributed by atoms with E-state index in [0.29, 0.717) is 16.5 Å². The minimum absolute atomic E-state index is 0.0554. The Hall–Kier alpha value is -3.03. The van der Waals surface area contributed by atoms with Crippen LogP contribution >= 0.6 is 0 Å². The number of ether oxygens (including phenoxy) is 1. The summed E-state index contributed by atoms with van der Waals surface area (Å²) in [5.41, 5.74) is 0.515. The topological polar surface area (TPSA) is 118 Å². The molecule has 8 nitrogen and oxygen atoms in total. The Kier molecular flexibility index (Phi) is 5.54. The molecule has 0 aliphatic heterocycles. The summed E-state index contributed by atoms with van der Waals surface area (Å²) < 4.78 is 10.3. The van der Waals surface area contributed by atoms with Crippen LogP contribution in [0.5, 0.6) is 5.75 Å². The first-order chi connectivity index (χ1) is 12.0. The molecule has 1 atom stereocenters. The molecule has 3 amide bonds. The normalized spacial score (nSPS) is 12.5. The van der Waals surface area contributed by atoms with E-state index in [-0.39, 0.29) is 12.2 Å². The molecule has 0 saturated heterocycles. The Morgan fingerprint density at radius 3 is 2.62 bits per heavy atom. The molecule has 0 aliphatic carbocycles. The van der Waals surface area contributed by atoms with Crippen molar-refractivity contribution in [1.29, 1.82) is 0 Å². The molecule has 8 heteroatoms. The highest BCUT2D eigenvalue weighted by Gasteiger charge is 2.22. The predicted octanol–water partition coefficient (Wildman–Crippen LogP) is 2.24. The fourth-order valence-corrected chi connectivity index (χ4v) is 2.24. The number of amides is 3. The Bertz CT molecular complexity index is 834. The zero-order valence-electron chi connectivity index (χ0n) is 15.1. The van der Waals surface area contributed by atoms with E-state index < -0.39 is 29.6 Å². The summed E-state index contributed by atoms with van der Waals surface area (Å²) in [6.07, 6.45) is 0.159. The number of urea groups is 1. The van der Waals surface area contributed by atoms with Crippen LogP contribution in [-0.4, -0.2) is 34.7 Å². The molecule has 140 valence electrons. The lowest BCUT2D eigenvalue weighted by Gasteiger charge is -2.21. The average molecular weight is 362 g/mol. The van der Waals surface area contributed by atoms with Crippen LogP contribution in [0.15, 0.2) is 28.9 Å². The highest BCUT2D eigenvalue weighted by atomic mass is 16.5. The third kappa shape index (κ3) is 5.23. The molecule has 0 radical (unpaired) electrons. The summed E-state index contributed by atoms with van der Waals surface area (Å²) in [4.78, 5) is 35.7. The summed E-state index contributed by atoms with van der Waals surface area (Å²) in [6, 6.07) is 3.89. The van der Waals surface area contributed by atoms with Crippen LogP contribution in [-0.2, 0) is 20.7 Å². The number of aromatic hydroxyl groups is 1. The van der Waals surface area contributed by atoms with Crippen LogP contribution in [0.3, 0.4) is 0 Å². The van der Waals surface area contributed by atoms with Gasteiger partial charge in [-0.1, -0.05) is 0 Å². The van der Waals surface area contributed by atoms with Crippen LogP contribution in [0.2, 0.25) is 0 Å². The van der Waals surface area contributed by atoms with E-state index in [2.05, 4.69) is 10.6 Å². The molecule has 0 fully saturated rings. The maximum atomic E-state index is 12.1. The van der Waals surface area contributed by atoms with Crippen molar-refractivity contribution in [2.45, 2.75) is 45.8 Å². The van der Waals surface area contributed by atoms with Crippen molar-refractivity contribution >= 4 is 28.9 Å². The largest absolute Gasteiger partial charge is 0.508 e. The Morgan fingerprint density at radius 2 is 1.96 bits per heavy atom. The third-order valence-corrected chi connectivity index (χ3v) is 3.38. The number of imide groups is 1. The second kappa shape index (κ2) is 7.47. The van der Waals surface area contributed by atoms with Gasteiger partial charge in [0.2, 0.25) is 0 Å². The number of benzene rings is 1. The van der Waals surface area contributed by atoms with Gasteiger partial charge in [-0.05, 0) is 39.8 Å². The van der Waals surface area contributed by atoms with Crippen LogP contribution in [0.25, 0.3) is 11.0 Å². The number of hydrogen-bond acceptors (Lipinski definition) is 6. The van der Waals surface area contributed by atoms with Gasteiger partial charge in [0.15, 0.2) is 6.10 Å². The fraction of sp³-hybridized carbons (Fsp3) is 0.389. The number of phenolic OH excluding ortho intramolecular Hbond substituents is 1. The molecule has 0 unspecified atom stereocenters. The van der Waals surface area contributed by atoms with E-state index in [4.69, 9.17) is 9.15 Å². The highest BCUT2D eigenvalue weighted by molar-refractivity contribution is 5.97. The molecule has 2 aromatic rings. The van der Waals surface area contributed by atoms with E-state index >= 15 is 0 Å². The van der Waals surface area contributed by atoms with Gasteiger partial charge in [-0.3, -0.25) is 14.9 Å². The molecular weight excluding hydrogens is 340 g/mol. The zero-order valence-corrected chi connectivity index (χ0v) is 15.1. The van der Waals surface area contributed by atoms with Crippen LogP contribution in [0, 0.1) is 0 Å². The second-order valence-corrected chi connectivity index (χ2v) is 6.94. The Balaban J connectivity index is 1.92. The van der Waals surface area contributed by atoms with Crippen molar-refractivity contribution in [2.24, 2.45) is 0 Å². The number of furan rings is 1. The number of esters is 1. The number of phenols is 1. The molecule has 0 saturated carbocycles.